The molecule has 0 atom stereocenters. The molecule has 0 unspecified atom stereocenters. The summed E-state index contributed by atoms with van der Waals surface area (Å²) in [5.74, 6) is 1.01. The second-order valence-electron chi connectivity index (χ2n) is 10.1. The third kappa shape index (κ3) is 8.66. The standard InChI is InChI=1S/C28H39FN4O2S/c1-20(2)19-35-26-11-7-22(8-12-26)17-30-27(34)33(18-23-5-9-24(29)10-6-23)25-13-15-32(16-14-25)28(36)31-21(3)4/h5-12,20-21,25H,13-19H2,1-4H3,(H,30,34)(H,31,36). The first-order chi connectivity index (χ1) is 17.2. The topological polar surface area (TPSA) is 56.8 Å². The van der Waals surface area contributed by atoms with Gasteiger partial charge in [-0.15, -0.1) is 0 Å². The van der Waals surface area contributed by atoms with Crippen molar-refractivity contribution in [3.05, 3.63) is 65.5 Å². The fourth-order valence-corrected chi connectivity index (χ4v) is 4.54. The van der Waals surface area contributed by atoms with Crippen molar-refractivity contribution >= 4 is 23.4 Å². The summed E-state index contributed by atoms with van der Waals surface area (Å²) in [6.45, 7) is 11.5. The molecule has 2 amide bonds. The maximum absolute atomic E-state index is 13.4. The average Bonchev–Trinajstić information content (AvgIpc) is 2.86. The molecule has 2 N–H and O–H groups in total. The van der Waals surface area contributed by atoms with Crippen LogP contribution in [0, 0.1) is 11.7 Å². The van der Waals surface area contributed by atoms with Crippen LogP contribution in [0.2, 0.25) is 0 Å². The number of rotatable bonds is 9. The Hall–Kier alpha value is -2.87. The first-order valence-corrected chi connectivity index (χ1v) is 13.2. The molecule has 8 heteroatoms. The van der Waals surface area contributed by atoms with Crippen molar-refractivity contribution in [2.24, 2.45) is 5.92 Å². The van der Waals surface area contributed by atoms with E-state index >= 15 is 0 Å². The van der Waals surface area contributed by atoms with E-state index in [1.54, 1.807) is 12.1 Å². The van der Waals surface area contributed by atoms with Crippen LogP contribution in [0.5, 0.6) is 5.75 Å². The van der Waals surface area contributed by atoms with Gasteiger partial charge in [0.25, 0.3) is 0 Å². The van der Waals surface area contributed by atoms with Crippen LogP contribution in [0.25, 0.3) is 0 Å². The highest BCUT2D eigenvalue weighted by molar-refractivity contribution is 7.80. The Bertz CT molecular complexity index is 974. The van der Waals surface area contributed by atoms with Crippen molar-refractivity contribution in [3.63, 3.8) is 0 Å². The smallest absolute Gasteiger partial charge is 0.318 e. The van der Waals surface area contributed by atoms with Gasteiger partial charge in [-0.05, 0) is 80.2 Å². The van der Waals surface area contributed by atoms with Crippen LogP contribution in [-0.4, -0.2) is 52.7 Å². The van der Waals surface area contributed by atoms with Gasteiger partial charge in [-0.25, -0.2) is 9.18 Å². The van der Waals surface area contributed by atoms with Gasteiger partial charge in [0.1, 0.15) is 11.6 Å². The molecule has 0 aliphatic carbocycles. The number of amides is 2. The lowest BCUT2D eigenvalue weighted by molar-refractivity contribution is 0.137. The number of carbonyl (C=O) groups is 1. The minimum absolute atomic E-state index is 0.0694. The summed E-state index contributed by atoms with van der Waals surface area (Å²) in [5, 5.41) is 7.14. The van der Waals surface area contributed by atoms with Crippen molar-refractivity contribution in [1.29, 1.82) is 0 Å². The fraction of sp³-hybridized carbons (Fsp3) is 0.500. The number of likely N-dealkylation sites (tertiary alicyclic amines) is 1. The van der Waals surface area contributed by atoms with Gasteiger partial charge in [-0.1, -0.05) is 38.1 Å². The molecule has 36 heavy (non-hydrogen) atoms. The summed E-state index contributed by atoms with van der Waals surface area (Å²) in [4.78, 5) is 17.4. The zero-order valence-electron chi connectivity index (χ0n) is 21.8. The number of benzene rings is 2. The van der Waals surface area contributed by atoms with E-state index in [-0.39, 0.29) is 23.9 Å². The molecule has 1 aliphatic heterocycles. The van der Waals surface area contributed by atoms with E-state index in [0.717, 1.165) is 47.9 Å². The maximum Gasteiger partial charge on any atom is 0.318 e. The quantitative estimate of drug-likeness (QED) is 0.444. The zero-order valence-corrected chi connectivity index (χ0v) is 22.6. The SMILES string of the molecule is CC(C)COc1ccc(CNC(=O)N(Cc2ccc(F)cc2)C2CCN(C(=S)NC(C)C)CC2)cc1. The molecule has 1 aliphatic rings. The van der Waals surface area contributed by atoms with E-state index in [0.29, 0.717) is 25.6 Å². The van der Waals surface area contributed by atoms with Crippen LogP contribution in [0.4, 0.5) is 9.18 Å². The molecular formula is C28H39FN4O2S. The number of nitrogens with one attached hydrogen (secondary N) is 2. The maximum atomic E-state index is 13.4. The Balaban J connectivity index is 1.62. The molecule has 2 aromatic rings. The van der Waals surface area contributed by atoms with Gasteiger partial charge in [0.05, 0.1) is 6.61 Å². The lowest BCUT2D eigenvalue weighted by Gasteiger charge is -2.39. The fourth-order valence-electron chi connectivity index (χ4n) is 4.12. The predicted octanol–water partition coefficient (Wildman–Crippen LogP) is 5.32. The molecule has 3 rings (SSSR count). The summed E-state index contributed by atoms with van der Waals surface area (Å²) >= 11 is 5.53. The highest BCUT2D eigenvalue weighted by Crippen LogP contribution is 2.21. The van der Waals surface area contributed by atoms with Crippen LogP contribution in [0.15, 0.2) is 48.5 Å². The van der Waals surface area contributed by atoms with Crippen molar-refractivity contribution < 1.29 is 13.9 Å². The van der Waals surface area contributed by atoms with E-state index in [9.17, 15) is 9.18 Å². The third-order valence-corrected chi connectivity index (χ3v) is 6.46. The van der Waals surface area contributed by atoms with Crippen LogP contribution in [0.1, 0.15) is 51.7 Å². The van der Waals surface area contributed by atoms with Gasteiger partial charge in [0.2, 0.25) is 0 Å². The number of hydrogen-bond acceptors (Lipinski definition) is 3. The zero-order chi connectivity index (χ0) is 26.1. The molecule has 0 bridgehead atoms. The number of urea groups is 1. The van der Waals surface area contributed by atoms with E-state index in [4.69, 9.17) is 17.0 Å². The second kappa shape index (κ2) is 13.4. The Morgan fingerprint density at radius 1 is 1.06 bits per heavy atom. The molecule has 1 heterocycles. The molecule has 0 radical (unpaired) electrons. The molecule has 196 valence electrons. The normalized spacial score (nSPS) is 14.1. The summed E-state index contributed by atoms with van der Waals surface area (Å²) in [5.41, 5.74) is 1.90. The van der Waals surface area contributed by atoms with Crippen LogP contribution in [-0.2, 0) is 13.1 Å². The highest BCUT2D eigenvalue weighted by Gasteiger charge is 2.29. The van der Waals surface area contributed by atoms with Crippen molar-refractivity contribution in [3.8, 4) is 5.75 Å². The van der Waals surface area contributed by atoms with Gasteiger partial charge in [-0.3, -0.25) is 0 Å². The second-order valence-corrected chi connectivity index (χ2v) is 10.5. The number of carbonyl (C=O) groups excluding carboxylic acids is 1. The summed E-state index contributed by atoms with van der Waals surface area (Å²) in [7, 11) is 0. The molecule has 0 aromatic heterocycles. The number of hydrogen-bond donors (Lipinski definition) is 2. The van der Waals surface area contributed by atoms with E-state index in [1.165, 1.54) is 12.1 Å². The number of halogens is 1. The summed E-state index contributed by atoms with van der Waals surface area (Å²) < 4.78 is 19.2. The Morgan fingerprint density at radius 3 is 2.25 bits per heavy atom. The van der Waals surface area contributed by atoms with Gasteiger partial charge in [0, 0.05) is 38.3 Å². The van der Waals surface area contributed by atoms with Crippen molar-refractivity contribution in [2.75, 3.05) is 19.7 Å². The minimum Gasteiger partial charge on any atom is -0.493 e. The Labute approximate surface area is 220 Å². The Morgan fingerprint density at radius 2 is 1.67 bits per heavy atom. The molecule has 1 saturated heterocycles. The van der Waals surface area contributed by atoms with Crippen LogP contribution in [0.3, 0.4) is 0 Å². The number of thiocarbonyl (C=S) groups is 1. The molecule has 0 saturated carbocycles. The van der Waals surface area contributed by atoms with Crippen molar-refractivity contribution in [1.82, 2.24) is 20.4 Å². The molecule has 2 aromatic carbocycles. The minimum atomic E-state index is -0.282. The van der Waals surface area contributed by atoms with E-state index in [2.05, 4.69) is 43.2 Å². The lowest BCUT2D eigenvalue weighted by Crippen LogP contribution is -2.53. The number of ether oxygens (including phenoxy) is 1. The predicted molar refractivity (Wildman–Crippen MR) is 146 cm³/mol. The van der Waals surface area contributed by atoms with Gasteiger partial charge < -0.3 is 25.2 Å². The summed E-state index contributed by atoms with van der Waals surface area (Å²) in [6.07, 6.45) is 1.63. The van der Waals surface area contributed by atoms with E-state index in [1.807, 2.05) is 29.2 Å². The first-order valence-electron chi connectivity index (χ1n) is 12.8. The molecule has 6 nitrogen and oxygen atoms in total. The largest absolute Gasteiger partial charge is 0.493 e. The number of piperidine rings is 1. The molecule has 1 fully saturated rings. The van der Waals surface area contributed by atoms with Gasteiger partial charge >= 0.3 is 6.03 Å². The van der Waals surface area contributed by atoms with Crippen molar-refractivity contribution in [2.45, 2.75) is 65.7 Å². The van der Waals surface area contributed by atoms with Gasteiger partial charge in [0.15, 0.2) is 5.11 Å². The van der Waals surface area contributed by atoms with Crippen LogP contribution >= 0.6 is 12.2 Å². The number of nitrogens with zero attached hydrogens (tertiary/aromatic N) is 2. The lowest BCUT2D eigenvalue weighted by atomic mass is 10.0. The first kappa shape index (κ1) is 27.7. The third-order valence-electron chi connectivity index (χ3n) is 6.08. The highest BCUT2D eigenvalue weighted by atomic mass is 32.1. The average molecular weight is 515 g/mol. The summed E-state index contributed by atoms with van der Waals surface area (Å²) in [6, 6.07) is 14.4. The monoisotopic (exact) mass is 514 g/mol. The molecule has 0 spiro atoms. The van der Waals surface area contributed by atoms with Crippen LogP contribution < -0.4 is 15.4 Å². The van der Waals surface area contributed by atoms with E-state index < -0.39 is 0 Å². The molecular weight excluding hydrogens is 475 g/mol. The Kier molecular flexibility index (Phi) is 10.3. The van der Waals surface area contributed by atoms with Gasteiger partial charge in [-0.2, -0.15) is 0 Å².